The molecule has 1 aliphatic heterocycles. The standard InChI is InChI=1S/C21H26N2OS/c1-3-18(14-16-8-6-5-7-9-16)22-21(24)17-10-11-20-19(15-17)23(4-2)12-13-25-20/h5-11,15,18H,3-4,12-14H2,1-2H3,(H,22,24). The molecular formula is C21H26N2OS. The number of rotatable bonds is 6. The van der Waals surface area contributed by atoms with Crippen LogP contribution in [0.5, 0.6) is 0 Å². The molecule has 0 saturated heterocycles. The molecule has 1 N–H and O–H groups in total. The van der Waals surface area contributed by atoms with Crippen molar-refractivity contribution < 1.29 is 4.79 Å². The van der Waals surface area contributed by atoms with Crippen LogP contribution in [0.2, 0.25) is 0 Å². The predicted octanol–water partition coefficient (Wildman–Crippen LogP) is 4.37. The first-order valence-electron chi connectivity index (χ1n) is 9.07. The largest absolute Gasteiger partial charge is 0.370 e. The molecule has 3 nitrogen and oxygen atoms in total. The van der Waals surface area contributed by atoms with E-state index >= 15 is 0 Å². The van der Waals surface area contributed by atoms with Crippen LogP contribution in [0.1, 0.15) is 36.2 Å². The van der Waals surface area contributed by atoms with Crippen LogP contribution >= 0.6 is 11.8 Å². The molecule has 132 valence electrons. The average Bonchev–Trinajstić information content (AvgIpc) is 2.67. The highest BCUT2D eigenvalue weighted by atomic mass is 32.2. The Morgan fingerprint density at radius 1 is 1.20 bits per heavy atom. The summed E-state index contributed by atoms with van der Waals surface area (Å²) in [5, 5.41) is 3.21. The highest BCUT2D eigenvalue weighted by molar-refractivity contribution is 7.99. The zero-order chi connectivity index (χ0) is 17.6. The van der Waals surface area contributed by atoms with Crippen LogP contribution in [0, 0.1) is 0 Å². The number of carbonyl (C=O) groups is 1. The summed E-state index contributed by atoms with van der Waals surface area (Å²) in [6, 6.07) is 16.6. The number of hydrogen-bond donors (Lipinski definition) is 1. The van der Waals surface area contributed by atoms with Crippen LogP contribution in [0.25, 0.3) is 0 Å². The van der Waals surface area contributed by atoms with Gasteiger partial charge in [-0.25, -0.2) is 0 Å². The van der Waals surface area contributed by atoms with Crippen molar-refractivity contribution in [2.75, 3.05) is 23.7 Å². The average molecular weight is 355 g/mol. The summed E-state index contributed by atoms with van der Waals surface area (Å²) in [7, 11) is 0. The van der Waals surface area contributed by atoms with Gasteiger partial charge in [-0.15, -0.1) is 11.8 Å². The molecule has 1 unspecified atom stereocenters. The van der Waals surface area contributed by atoms with E-state index in [9.17, 15) is 4.79 Å². The number of amides is 1. The molecule has 4 heteroatoms. The van der Waals surface area contributed by atoms with E-state index in [2.05, 4.69) is 48.3 Å². The van der Waals surface area contributed by atoms with Crippen LogP contribution in [0.15, 0.2) is 53.4 Å². The van der Waals surface area contributed by atoms with Crippen molar-refractivity contribution in [2.24, 2.45) is 0 Å². The third-order valence-electron chi connectivity index (χ3n) is 4.72. The molecule has 1 aliphatic rings. The Hall–Kier alpha value is -1.94. The van der Waals surface area contributed by atoms with Gasteiger partial charge in [0.15, 0.2) is 0 Å². The maximum Gasteiger partial charge on any atom is 0.251 e. The number of thioether (sulfide) groups is 1. The lowest BCUT2D eigenvalue weighted by Crippen LogP contribution is -2.36. The van der Waals surface area contributed by atoms with Crippen LogP contribution in [0.4, 0.5) is 5.69 Å². The first kappa shape index (κ1) is 17.9. The van der Waals surface area contributed by atoms with E-state index in [0.717, 1.165) is 37.2 Å². The number of benzene rings is 2. The molecule has 3 rings (SSSR count). The Kier molecular flexibility index (Phi) is 6.03. The van der Waals surface area contributed by atoms with Crippen molar-refractivity contribution in [1.82, 2.24) is 5.32 Å². The third kappa shape index (κ3) is 4.37. The van der Waals surface area contributed by atoms with E-state index < -0.39 is 0 Å². The van der Waals surface area contributed by atoms with Gasteiger partial charge in [0.25, 0.3) is 5.91 Å². The topological polar surface area (TPSA) is 32.3 Å². The third-order valence-corrected chi connectivity index (χ3v) is 5.76. The Morgan fingerprint density at radius 2 is 2.00 bits per heavy atom. The van der Waals surface area contributed by atoms with Gasteiger partial charge in [0.05, 0.1) is 5.69 Å². The van der Waals surface area contributed by atoms with E-state index in [-0.39, 0.29) is 11.9 Å². The molecule has 25 heavy (non-hydrogen) atoms. The summed E-state index contributed by atoms with van der Waals surface area (Å²) in [5.74, 6) is 1.14. The van der Waals surface area contributed by atoms with E-state index in [1.807, 2.05) is 36.0 Å². The van der Waals surface area contributed by atoms with Crippen molar-refractivity contribution in [3.8, 4) is 0 Å². The zero-order valence-electron chi connectivity index (χ0n) is 15.0. The van der Waals surface area contributed by atoms with Crippen molar-refractivity contribution in [1.29, 1.82) is 0 Å². The lowest BCUT2D eigenvalue weighted by molar-refractivity contribution is 0.0935. The van der Waals surface area contributed by atoms with Gasteiger partial charge in [-0.2, -0.15) is 0 Å². The van der Waals surface area contributed by atoms with Crippen molar-refractivity contribution in [3.05, 3.63) is 59.7 Å². The minimum atomic E-state index is 0.0252. The van der Waals surface area contributed by atoms with Gasteiger partial charge in [-0.05, 0) is 43.5 Å². The summed E-state index contributed by atoms with van der Waals surface area (Å²) in [4.78, 5) is 16.4. The van der Waals surface area contributed by atoms with Gasteiger partial charge in [0.2, 0.25) is 0 Å². The number of fused-ring (bicyclic) bond motifs is 1. The Bertz CT molecular complexity index is 717. The molecule has 1 heterocycles. The van der Waals surface area contributed by atoms with Crippen LogP contribution < -0.4 is 10.2 Å². The minimum Gasteiger partial charge on any atom is -0.370 e. The minimum absolute atomic E-state index is 0.0252. The van der Waals surface area contributed by atoms with E-state index in [0.29, 0.717) is 0 Å². The van der Waals surface area contributed by atoms with Crippen LogP contribution in [-0.4, -0.2) is 30.8 Å². The fourth-order valence-corrected chi connectivity index (χ4v) is 4.24. The second-order valence-corrected chi connectivity index (χ2v) is 7.52. The first-order valence-corrected chi connectivity index (χ1v) is 10.1. The molecule has 0 aromatic heterocycles. The molecule has 2 aromatic rings. The fraction of sp³-hybridized carbons (Fsp3) is 0.381. The van der Waals surface area contributed by atoms with Crippen LogP contribution in [-0.2, 0) is 6.42 Å². The molecular weight excluding hydrogens is 328 g/mol. The SMILES string of the molecule is CCC(Cc1ccccc1)NC(=O)c1ccc2c(c1)N(CC)CCS2. The van der Waals surface area contributed by atoms with Gasteiger partial charge in [0, 0.05) is 35.3 Å². The Labute approximate surface area is 154 Å². The number of hydrogen-bond acceptors (Lipinski definition) is 3. The van der Waals surface area contributed by atoms with Crippen molar-refractivity contribution >= 4 is 23.4 Å². The van der Waals surface area contributed by atoms with Gasteiger partial charge in [0.1, 0.15) is 0 Å². The van der Waals surface area contributed by atoms with Crippen molar-refractivity contribution in [3.63, 3.8) is 0 Å². The molecule has 0 aliphatic carbocycles. The van der Waals surface area contributed by atoms with Crippen molar-refractivity contribution in [2.45, 2.75) is 37.6 Å². The van der Waals surface area contributed by atoms with Gasteiger partial charge < -0.3 is 10.2 Å². The number of anilines is 1. The quantitative estimate of drug-likeness (QED) is 0.836. The molecule has 0 saturated carbocycles. The number of nitrogens with zero attached hydrogens (tertiary/aromatic N) is 1. The normalized spacial score (nSPS) is 14.7. The van der Waals surface area contributed by atoms with Gasteiger partial charge >= 0.3 is 0 Å². The van der Waals surface area contributed by atoms with Gasteiger partial charge in [-0.3, -0.25) is 4.79 Å². The van der Waals surface area contributed by atoms with Gasteiger partial charge in [-0.1, -0.05) is 37.3 Å². The maximum absolute atomic E-state index is 12.7. The molecule has 0 spiro atoms. The summed E-state index contributed by atoms with van der Waals surface area (Å²) >= 11 is 1.88. The summed E-state index contributed by atoms with van der Waals surface area (Å²) in [6.07, 6.45) is 1.79. The smallest absolute Gasteiger partial charge is 0.251 e. The number of nitrogens with one attached hydrogen (secondary N) is 1. The molecule has 0 fully saturated rings. The fourth-order valence-electron chi connectivity index (χ4n) is 3.21. The first-order chi connectivity index (χ1) is 12.2. The highest BCUT2D eigenvalue weighted by Crippen LogP contribution is 2.35. The zero-order valence-corrected chi connectivity index (χ0v) is 15.8. The lowest BCUT2D eigenvalue weighted by Gasteiger charge is -2.30. The van der Waals surface area contributed by atoms with Crippen LogP contribution in [0.3, 0.4) is 0 Å². The molecule has 0 bridgehead atoms. The highest BCUT2D eigenvalue weighted by Gasteiger charge is 2.19. The summed E-state index contributed by atoms with van der Waals surface area (Å²) in [6.45, 7) is 6.31. The Balaban J connectivity index is 1.72. The van der Waals surface area contributed by atoms with E-state index in [1.54, 1.807) is 0 Å². The molecule has 1 amide bonds. The second-order valence-electron chi connectivity index (χ2n) is 6.38. The second kappa shape index (κ2) is 8.43. The lowest BCUT2D eigenvalue weighted by atomic mass is 10.0. The molecule has 1 atom stereocenters. The Morgan fingerprint density at radius 3 is 2.72 bits per heavy atom. The van der Waals surface area contributed by atoms with E-state index in [4.69, 9.17) is 0 Å². The summed E-state index contributed by atoms with van der Waals surface area (Å²) < 4.78 is 0. The number of carbonyl (C=O) groups excluding carboxylic acids is 1. The maximum atomic E-state index is 12.7. The molecule has 0 radical (unpaired) electrons. The monoisotopic (exact) mass is 354 g/mol. The molecule has 2 aromatic carbocycles. The predicted molar refractivity (Wildman–Crippen MR) is 107 cm³/mol. The van der Waals surface area contributed by atoms with E-state index in [1.165, 1.54) is 16.1 Å². The summed E-state index contributed by atoms with van der Waals surface area (Å²) in [5.41, 5.74) is 3.21.